The van der Waals surface area contributed by atoms with Crippen LogP contribution in [-0.2, 0) is 0 Å². The number of methoxy groups -OCH3 is 1. The third kappa shape index (κ3) is 7.65. The maximum Gasteiger partial charge on any atom is 0.251 e. The molecule has 1 unspecified atom stereocenters. The molecule has 0 spiro atoms. The number of benzene rings is 1. The third-order valence-electron chi connectivity index (χ3n) is 5.65. The summed E-state index contributed by atoms with van der Waals surface area (Å²) in [5, 5.41) is 2.95. The van der Waals surface area contributed by atoms with Crippen molar-refractivity contribution in [2.75, 3.05) is 47.4 Å². The normalized spacial score (nSPS) is 16.3. The first kappa shape index (κ1) is 24.2. The van der Waals surface area contributed by atoms with Gasteiger partial charge in [0.1, 0.15) is 6.10 Å². The highest BCUT2D eigenvalue weighted by Crippen LogP contribution is 2.31. The van der Waals surface area contributed by atoms with E-state index in [0.29, 0.717) is 29.6 Å². The molecule has 0 bridgehead atoms. The maximum atomic E-state index is 12.5. The molecule has 1 heterocycles. The Labute approximate surface area is 182 Å². The van der Waals surface area contributed by atoms with E-state index in [-0.39, 0.29) is 12.0 Å². The quantitative estimate of drug-likeness (QED) is 0.558. The number of nitrogens with one attached hydrogen (secondary N) is 1. The summed E-state index contributed by atoms with van der Waals surface area (Å²) in [5.41, 5.74) is 1.84. The first-order valence-electron chi connectivity index (χ1n) is 11.0. The standard InChI is InChI=1S/C24H39N3O3/c1-18(2)7-8-19(3)27-14-11-21(12-15-27)30-23-17-20(9-10-22(23)29-6)24(28)25-13-16-26(4)5/h9-10,17,19,21H,1,7-8,11-16H2,2-6H3,(H,25,28). The van der Waals surface area contributed by atoms with E-state index in [9.17, 15) is 4.79 Å². The minimum atomic E-state index is -0.0921. The van der Waals surface area contributed by atoms with Gasteiger partial charge in [0.15, 0.2) is 11.5 Å². The van der Waals surface area contributed by atoms with Crippen LogP contribution >= 0.6 is 0 Å². The Morgan fingerprint density at radius 2 is 2.00 bits per heavy atom. The lowest BCUT2D eigenvalue weighted by Crippen LogP contribution is -2.43. The predicted octanol–water partition coefficient (Wildman–Crippen LogP) is 3.57. The summed E-state index contributed by atoms with van der Waals surface area (Å²) >= 11 is 0. The number of carbonyl (C=O) groups excluding carboxylic acids is 1. The Hall–Kier alpha value is -2.05. The van der Waals surface area contributed by atoms with Crippen molar-refractivity contribution in [3.05, 3.63) is 35.9 Å². The van der Waals surface area contributed by atoms with Gasteiger partial charge in [-0.25, -0.2) is 0 Å². The molecule has 6 heteroatoms. The minimum Gasteiger partial charge on any atom is -0.493 e. The van der Waals surface area contributed by atoms with Gasteiger partial charge in [-0.3, -0.25) is 4.79 Å². The monoisotopic (exact) mass is 417 g/mol. The number of likely N-dealkylation sites (tertiary alicyclic amines) is 1. The summed E-state index contributed by atoms with van der Waals surface area (Å²) in [7, 11) is 5.60. The second-order valence-electron chi connectivity index (χ2n) is 8.62. The molecule has 1 saturated heterocycles. The van der Waals surface area contributed by atoms with Gasteiger partial charge in [0.25, 0.3) is 5.91 Å². The highest BCUT2D eigenvalue weighted by molar-refractivity contribution is 5.94. The van der Waals surface area contributed by atoms with E-state index >= 15 is 0 Å². The third-order valence-corrected chi connectivity index (χ3v) is 5.65. The minimum absolute atomic E-state index is 0.0921. The van der Waals surface area contributed by atoms with Crippen LogP contribution in [0.1, 0.15) is 49.9 Å². The molecule has 1 N–H and O–H groups in total. The number of hydrogen-bond donors (Lipinski definition) is 1. The van der Waals surface area contributed by atoms with Gasteiger partial charge in [0.2, 0.25) is 0 Å². The van der Waals surface area contributed by atoms with E-state index in [1.54, 1.807) is 19.2 Å². The van der Waals surface area contributed by atoms with Crippen molar-refractivity contribution in [3.8, 4) is 11.5 Å². The Balaban J connectivity index is 1.92. The zero-order valence-corrected chi connectivity index (χ0v) is 19.4. The summed E-state index contributed by atoms with van der Waals surface area (Å²) in [5.74, 6) is 1.22. The van der Waals surface area contributed by atoms with E-state index in [0.717, 1.165) is 45.3 Å². The second-order valence-corrected chi connectivity index (χ2v) is 8.62. The molecule has 1 aliphatic heterocycles. The average Bonchev–Trinajstić information content (AvgIpc) is 2.72. The predicted molar refractivity (Wildman–Crippen MR) is 123 cm³/mol. The molecule has 0 aromatic heterocycles. The van der Waals surface area contributed by atoms with Crippen molar-refractivity contribution in [1.82, 2.24) is 15.1 Å². The summed E-state index contributed by atoms with van der Waals surface area (Å²) in [6.07, 6.45) is 4.31. The molecule has 30 heavy (non-hydrogen) atoms. The molecule has 168 valence electrons. The fourth-order valence-electron chi connectivity index (χ4n) is 3.66. The molecule has 0 aliphatic carbocycles. The number of hydrogen-bond acceptors (Lipinski definition) is 5. The number of allylic oxidation sites excluding steroid dienone is 1. The Morgan fingerprint density at radius 1 is 1.30 bits per heavy atom. The van der Waals surface area contributed by atoms with Crippen LogP contribution in [0.5, 0.6) is 11.5 Å². The molecule has 2 rings (SSSR count). The van der Waals surface area contributed by atoms with Crippen LogP contribution in [0.3, 0.4) is 0 Å². The topological polar surface area (TPSA) is 54.0 Å². The number of carbonyl (C=O) groups is 1. The number of nitrogens with zero attached hydrogens (tertiary/aromatic N) is 2. The van der Waals surface area contributed by atoms with E-state index in [1.165, 1.54) is 5.57 Å². The molecule has 0 radical (unpaired) electrons. The van der Waals surface area contributed by atoms with Crippen LogP contribution < -0.4 is 14.8 Å². The van der Waals surface area contributed by atoms with Crippen molar-refractivity contribution in [1.29, 1.82) is 0 Å². The van der Waals surface area contributed by atoms with Gasteiger partial charge in [-0.05, 0) is 71.8 Å². The number of rotatable bonds is 11. The number of piperidine rings is 1. The van der Waals surface area contributed by atoms with Gasteiger partial charge in [-0.15, -0.1) is 6.58 Å². The number of likely N-dealkylation sites (N-methyl/N-ethyl adjacent to an activating group) is 1. The zero-order valence-electron chi connectivity index (χ0n) is 19.4. The number of ether oxygens (including phenoxy) is 2. The van der Waals surface area contributed by atoms with Crippen LogP contribution in [-0.4, -0.2) is 75.2 Å². The Kier molecular flexibility index (Phi) is 9.66. The highest BCUT2D eigenvalue weighted by atomic mass is 16.5. The lowest BCUT2D eigenvalue weighted by molar-refractivity contribution is 0.0755. The van der Waals surface area contributed by atoms with Crippen molar-refractivity contribution in [2.45, 2.75) is 51.7 Å². The van der Waals surface area contributed by atoms with Crippen molar-refractivity contribution >= 4 is 5.91 Å². The van der Waals surface area contributed by atoms with Gasteiger partial charge >= 0.3 is 0 Å². The van der Waals surface area contributed by atoms with E-state index in [1.807, 2.05) is 25.1 Å². The molecule has 0 saturated carbocycles. The van der Waals surface area contributed by atoms with Gasteiger partial charge in [0, 0.05) is 37.8 Å². The molecule has 1 aliphatic rings. The molecular weight excluding hydrogens is 378 g/mol. The maximum absolute atomic E-state index is 12.5. The van der Waals surface area contributed by atoms with Crippen LogP contribution in [0.4, 0.5) is 0 Å². The summed E-state index contributed by atoms with van der Waals surface area (Å²) < 4.78 is 11.7. The average molecular weight is 418 g/mol. The van der Waals surface area contributed by atoms with Crippen LogP contribution in [0.25, 0.3) is 0 Å². The molecule has 1 aromatic rings. The molecule has 1 fully saturated rings. The fraction of sp³-hybridized carbons (Fsp3) is 0.625. The van der Waals surface area contributed by atoms with Crippen molar-refractivity contribution in [2.24, 2.45) is 0 Å². The van der Waals surface area contributed by atoms with E-state index in [4.69, 9.17) is 9.47 Å². The largest absolute Gasteiger partial charge is 0.493 e. The van der Waals surface area contributed by atoms with Gasteiger partial charge < -0.3 is 24.6 Å². The van der Waals surface area contributed by atoms with E-state index in [2.05, 4.69) is 30.6 Å². The Morgan fingerprint density at radius 3 is 2.60 bits per heavy atom. The smallest absolute Gasteiger partial charge is 0.251 e. The van der Waals surface area contributed by atoms with Gasteiger partial charge in [-0.1, -0.05) is 5.57 Å². The molecule has 1 atom stereocenters. The molecule has 6 nitrogen and oxygen atoms in total. The van der Waals surface area contributed by atoms with Gasteiger partial charge in [-0.2, -0.15) is 0 Å². The summed E-state index contributed by atoms with van der Waals surface area (Å²) in [6.45, 7) is 11.9. The first-order chi connectivity index (χ1) is 14.3. The van der Waals surface area contributed by atoms with Crippen LogP contribution in [0.15, 0.2) is 30.4 Å². The zero-order chi connectivity index (χ0) is 22.1. The summed E-state index contributed by atoms with van der Waals surface area (Å²) in [4.78, 5) is 17.0. The summed E-state index contributed by atoms with van der Waals surface area (Å²) in [6, 6.07) is 5.95. The first-order valence-corrected chi connectivity index (χ1v) is 11.0. The van der Waals surface area contributed by atoms with Crippen molar-refractivity contribution < 1.29 is 14.3 Å². The van der Waals surface area contributed by atoms with Crippen molar-refractivity contribution in [3.63, 3.8) is 0 Å². The van der Waals surface area contributed by atoms with E-state index < -0.39 is 0 Å². The fourth-order valence-corrected chi connectivity index (χ4v) is 3.66. The Bertz CT molecular complexity index is 697. The van der Waals surface area contributed by atoms with Crippen LogP contribution in [0.2, 0.25) is 0 Å². The lowest BCUT2D eigenvalue weighted by Gasteiger charge is -2.36. The number of amides is 1. The molecule has 1 aromatic carbocycles. The SMILES string of the molecule is C=C(C)CCC(C)N1CCC(Oc2cc(C(=O)NCCN(C)C)ccc2OC)CC1. The highest BCUT2D eigenvalue weighted by Gasteiger charge is 2.25. The molecular formula is C24H39N3O3. The van der Waals surface area contributed by atoms with Gasteiger partial charge in [0.05, 0.1) is 7.11 Å². The molecule has 1 amide bonds. The van der Waals surface area contributed by atoms with Crippen LogP contribution in [0, 0.1) is 0 Å². The second kappa shape index (κ2) is 12.0. The lowest BCUT2D eigenvalue weighted by atomic mass is 10.0.